The summed E-state index contributed by atoms with van der Waals surface area (Å²) in [4.78, 5) is 4.14. The first-order valence-corrected chi connectivity index (χ1v) is 8.38. The molecular formula is C15H22F2IN3OS. The number of rotatable bonds is 6. The van der Waals surface area contributed by atoms with Gasteiger partial charge in [0.15, 0.2) is 17.6 Å². The van der Waals surface area contributed by atoms with Crippen molar-refractivity contribution in [3.8, 4) is 5.75 Å². The van der Waals surface area contributed by atoms with Crippen LogP contribution in [-0.4, -0.2) is 43.7 Å². The Morgan fingerprint density at radius 1 is 1.35 bits per heavy atom. The number of nitrogens with zero attached hydrogens (tertiary/aromatic N) is 1. The predicted octanol–water partition coefficient (Wildman–Crippen LogP) is 3.02. The van der Waals surface area contributed by atoms with Crippen molar-refractivity contribution in [2.45, 2.75) is 18.1 Å². The number of hydrogen-bond acceptors (Lipinski definition) is 3. The molecule has 0 aliphatic carbocycles. The summed E-state index contributed by atoms with van der Waals surface area (Å²) in [5.41, 5.74) is 0. The van der Waals surface area contributed by atoms with Crippen molar-refractivity contribution in [2.24, 2.45) is 4.99 Å². The molecule has 1 unspecified atom stereocenters. The zero-order chi connectivity index (χ0) is 15.8. The lowest BCUT2D eigenvalue weighted by Gasteiger charge is -2.15. The molecule has 0 saturated carbocycles. The van der Waals surface area contributed by atoms with E-state index >= 15 is 0 Å². The second-order valence-corrected chi connectivity index (χ2v) is 6.35. The summed E-state index contributed by atoms with van der Waals surface area (Å²) in [5.74, 6) is 0.490. The number of benzene rings is 1. The summed E-state index contributed by atoms with van der Waals surface area (Å²) in [6.45, 7) is 1.76. The van der Waals surface area contributed by atoms with E-state index in [-0.39, 0.29) is 24.0 Å². The van der Waals surface area contributed by atoms with Crippen LogP contribution in [-0.2, 0) is 0 Å². The molecule has 4 nitrogen and oxygen atoms in total. The first-order valence-electron chi connectivity index (χ1n) is 7.33. The summed E-state index contributed by atoms with van der Waals surface area (Å²) in [5, 5.41) is 7.06. The molecule has 1 aromatic rings. The second kappa shape index (κ2) is 10.9. The maximum absolute atomic E-state index is 13.0. The van der Waals surface area contributed by atoms with E-state index in [2.05, 4.69) is 15.6 Å². The van der Waals surface area contributed by atoms with Crippen molar-refractivity contribution in [3.05, 3.63) is 29.8 Å². The number of ether oxygens (including phenoxy) is 1. The van der Waals surface area contributed by atoms with Gasteiger partial charge in [0.25, 0.3) is 0 Å². The molecule has 1 saturated heterocycles. The number of halogens is 3. The third-order valence-electron chi connectivity index (χ3n) is 3.30. The lowest BCUT2D eigenvalue weighted by Crippen LogP contribution is -2.41. The lowest BCUT2D eigenvalue weighted by atomic mass is 10.2. The summed E-state index contributed by atoms with van der Waals surface area (Å²) in [7, 11) is 1.72. The summed E-state index contributed by atoms with van der Waals surface area (Å²) in [6.07, 6.45) is 2.53. The van der Waals surface area contributed by atoms with Crippen LogP contribution in [0.15, 0.2) is 23.2 Å². The Kier molecular flexibility index (Phi) is 9.61. The molecule has 0 spiro atoms. The zero-order valence-electron chi connectivity index (χ0n) is 13.0. The Balaban J connectivity index is 0.00000264. The number of nitrogens with one attached hydrogen (secondary N) is 2. The largest absolute Gasteiger partial charge is 0.492 e. The molecule has 2 rings (SSSR count). The first-order chi connectivity index (χ1) is 10.7. The average molecular weight is 457 g/mol. The molecule has 23 heavy (non-hydrogen) atoms. The van der Waals surface area contributed by atoms with Gasteiger partial charge in [-0.25, -0.2) is 8.78 Å². The fourth-order valence-corrected chi connectivity index (χ4v) is 3.34. The molecule has 1 aliphatic rings. The van der Waals surface area contributed by atoms with Crippen LogP contribution >= 0.6 is 35.7 Å². The van der Waals surface area contributed by atoms with Crippen LogP contribution in [0.5, 0.6) is 5.75 Å². The predicted molar refractivity (Wildman–Crippen MR) is 102 cm³/mol. The SMILES string of the molecule is CN=C(NCCOc1ccc(F)c(F)c1)NCC1CCCS1.I. The average Bonchev–Trinajstić information content (AvgIpc) is 3.03. The van der Waals surface area contributed by atoms with Gasteiger partial charge in [-0.05, 0) is 30.7 Å². The quantitative estimate of drug-likeness (QED) is 0.299. The van der Waals surface area contributed by atoms with E-state index in [1.54, 1.807) is 7.05 Å². The van der Waals surface area contributed by atoms with Gasteiger partial charge in [-0.3, -0.25) is 4.99 Å². The van der Waals surface area contributed by atoms with Gasteiger partial charge < -0.3 is 15.4 Å². The van der Waals surface area contributed by atoms with E-state index in [9.17, 15) is 8.78 Å². The Bertz CT molecular complexity index is 513. The van der Waals surface area contributed by atoms with Crippen LogP contribution in [0, 0.1) is 11.6 Å². The second-order valence-electron chi connectivity index (χ2n) is 4.94. The van der Waals surface area contributed by atoms with Gasteiger partial charge in [0.1, 0.15) is 12.4 Å². The van der Waals surface area contributed by atoms with Gasteiger partial charge in [0, 0.05) is 24.9 Å². The third-order valence-corrected chi connectivity index (χ3v) is 4.70. The molecule has 1 aromatic carbocycles. The Labute approximate surface area is 156 Å². The summed E-state index contributed by atoms with van der Waals surface area (Å²) >= 11 is 1.99. The maximum Gasteiger partial charge on any atom is 0.191 e. The molecule has 1 aliphatic heterocycles. The molecule has 1 fully saturated rings. The van der Waals surface area contributed by atoms with E-state index in [4.69, 9.17) is 4.74 Å². The number of guanidine groups is 1. The number of aliphatic imine (C=N–C) groups is 1. The Morgan fingerprint density at radius 2 is 2.17 bits per heavy atom. The molecular weight excluding hydrogens is 435 g/mol. The van der Waals surface area contributed by atoms with Gasteiger partial charge >= 0.3 is 0 Å². The molecule has 0 aromatic heterocycles. The van der Waals surface area contributed by atoms with Crippen LogP contribution < -0.4 is 15.4 Å². The zero-order valence-corrected chi connectivity index (χ0v) is 16.1. The number of thioether (sulfide) groups is 1. The summed E-state index contributed by atoms with van der Waals surface area (Å²) < 4.78 is 31.2. The van der Waals surface area contributed by atoms with Crippen LogP contribution in [0.3, 0.4) is 0 Å². The van der Waals surface area contributed by atoms with Crippen LogP contribution in [0.4, 0.5) is 8.78 Å². The highest BCUT2D eigenvalue weighted by Crippen LogP contribution is 2.25. The minimum absolute atomic E-state index is 0. The van der Waals surface area contributed by atoms with Gasteiger partial charge in [-0.15, -0.1) is 24.0 Å². The van der Waals surface area contributed by atoms with Crippen molar-refractivity contribution in [3.63, 3.8) is 0 Å². The van der Waals surface area contributed by atoms with E-state index in [0.717, 1.165) is 24.6 Å². The number of hydrogen-bond donors (Lipinski definition) is 2. The highest BCUT2D eigenvalue weighted by atomic mass is 127. The highest BCUT2D eigenvalue weighted by Gasteiger charge is 2.15. The standard InChI is InChI=1S/C15H21F2N3OS.HI/c1-18-15(20-10-12-3-2-8-22-12)19-6-7-21-11-4-5-13(16)14(17)9-11;/h4-5,9,12H,2-3,6-8,10H2,1H3,(H2,18,19,20);1H. The molecule has 2 N–H and O–H groups in total. The molecule has 1 atom stereocenters. The topological polar surface area (TPSA) is 45.7 Å². The fraction of sp³-hybridized carbons (Fsp3) is 0.533. The van der Waals surface area contributed by atoms with Crippen molar-refractivity contribution in [1.82, 2.24) is 10.6 Å². The smallest absolute Gasteiger partial charge is 0.191 e. The Hall–Kier alpha value is -0.770. The highest BCUT2D eigenvalue weighted by molar-refractivity contribution is 14.0. The third kappa shape index (κ3) is 7.11. The normalized spacial score (nSPS) is 17.5. The molecule has 0 bridgehead atoms. The van der Waals surface area contributed by atoms with Gasteiger partial charge in [0.05, 0.1) is 6.54 Å². The van der Waals surface area contributed by atoms with Crippen molar-refractivity contribution in [2.75, 3.05) is 32.5 Å². The first kappa shape index (κ1) is 20.3. The molecule has 130 valence electrons. The van der Waals surface area contributed by atoms with Crippen molar-refractivity contribution >= 4 is 41.7 Å². The minimum Gasteiger partial charge on any atom is -0.492 e. The van der Waals surface area contributed by atoms with Gasteiger partial charge in [-0.1, -0.05) is 0 Å². The molecule has 1 heterocycles. The summed E-state index contributed by atoms with van der Waals surface area (Å²) in [6, 6.07) is 3.50. The van der Waals surface area contributed by atoms with Gasteiger partial charge in [-0.2, -0.15) is 11.8 Å². The van der Waals surface area contributed by atoms with E-state index in [1.165, 1.54) is 24.7 Å². The van der Waals surface area contributed by atoms with E-state index < -0.39 is 11.6 Å². The van der Waals surface area contributed by atoms with Crippen LogP contribution in [0.1, 0.15) is 12.8 Å². The molecule has 0 amide bonds. The van der Waals surface area contributed by atoms with E-state index in [1.807, 2.05) is 11.8 Å². The van der Waals surface area contributed by atoms with Crippen LogP contribution in [0.25, 0.3) is 0 Å². The van der Waals surface area contributed by atoms with Gasteiger partial charge in [0.2, 0.25) is 0 Å². The lowest BCUT2D eigenvalue weighted by molar-refractivity contribution is 0.318. The molecule has 0 radical (unpaired) electrons. The maximum atomic E-state index is 13.0. The monoisotopic (exact) mass is 457 g/mol. The van der Waals surface area contributed by atoms with Crippen molar-refractivity contribution < 1.29 is 13.5 Å². The fourth-order valence-electron chi connectivity index (χ4n) is 2.14. The minimum atomic E-state index is -0.906. The Morgan fingerprint density at radius 3 is 2.83 bits per heavy atom. The molecule has 8 heteroatoms. The van der Waals surface area contributed by atoms with Crippen molar-refractivity contribution in [1.29, 1.82) is 0 Å². The van der Waals surface area contributed by atoms with E-state index in [0.29, 0.717) is 24.2 Å². The van der Waals surface area contributed by atoms with Crippen LogP contribution in [0.2, 0.25) is 0 Å².